The molecule has 0 spiro atoms. The number of carbonyl (C=O) groups excluding carboxylic acids is 10. The molecule has 5 rings (SSSR count). The number of likely N-dealkylation sites (tertiary alicyclic amines) is 1. The number of urea groups is 1. The Balaban J connectivity index is 1.19. The predicted molar refractivity (Wildman–Crippen MR) is 391 cm³/mol. The maximum Gasteiger partial charge on any atom is 0.312 e. The summed E-state index contributed by atoms with van der Waals surface area (Å²) in [5.41, 5.74) is 13.2. The Morgan fingerprint density at radius 3 is 1.83 bits per heavy atom. The van der Waals surface area contributed by atoms with Gasteiger partial charge in [-0.2, -0.15) is 0 Å². The minimum Gasteiger partial charge on any atom is -0.388 e. The standard InChI is InChI=1S/C77H123N9O18/c1-15-46(8)68(85(12)76(99)54(44(4)5)38-59(90)67(45(6)7)84(10)11)60(101-13)40-66(92)86-32-20-24-56(86)73(102-14)47(9)57(88)35-51(33-49-21-17-16-18-22-49)74(97)80-31-29-48-25-27-50(28-26-48)34-58(89)55(23-19-30-81-77(79)100)83-75(98)53(43(2)3)36-52(87)37-61-69(93)72(96)64(104-61)42-82-65(91)39-62-70(94)71(95)63(41-78)103-62/h16-18,21-22,25-28,43-47,51,53-56,60-64,67-73,93-96H,15,19-20,23-24,29-42,78H2,1-14H3,(H,80,97)(H,82,91)(H,83,98)(H3,79,81,100)/t46-,47?,51+,53+,54-,55?,56?,60?,61-,62?,63+,64+,67?,68-,69?,70-,71+,72?,73?/m0/s1. The van der Waals surface area contributed by atoms with Crippen molar-refractivity contribution in [3.8, 4) is 0 Å². The number of nitrogens with one attached hydrogen (secondary N) is 4. The van der Waals surface area contributed by atoms with E-state index in [1.807, 2.05) is 103 Å². The molecule has 104 heavy (non-hydrogen) atoms. The average Bonchev–Trinajstić information content (AvgIpc) is 0.993. The molecule has 0 radical (unpaired) electrons. The molecule has 584 valence electrons. The second-order valence-corrected chi connectivity index (χ2v) is 30.2. The number of hydrogen-bond acceptors (Lipinski definition) is 20. The molecule has 2 aromatic rings. The van der Waals surface area contributed by atoms with Gasteiger partial charge in [0.2, 0.25) is 29.5 Å². The van der Waals surface area contributed by atoms with Gasteiger partial charge in [0.25, 0.3) is 0 Å². The summed E-state index contributed by atoms with van der Waals surface area (Å²) in [4.78, 5) is 143. The minimum atomic E-state index is -1.51. The van der Waals surface area contributed by atoms with Crippen LogP contribution in [0.3, 0.4) is 0 Å². The molecule has 2 aromatic carbocycles. The largest absolute Gasteiger partial charge is 0.388 e. The third-order valence-electron chi connectivity index (χ3n) is 21.4. The molecule has 19 atom stereocenters. The van der Waals surface area contributed by atoms with Gasteiger partial charge in [-0.15, -0.1) is 0 Å². The smallest absolute Gasteiger partial charge is 0.312 e. The van der Waals surface area contributed by atoms with E-state index >= 15 is 0 Å². The molecular weight excluding hydrogens is 1340 g/mol. The van der Waals surface area contributed by atoms with E-state index in [0.717, 1.165) is 11.1 Å². The number of carbonyl (C=O) groups is 10. The molecule has 9 unspecified atom stereocenters. The Labute approximate surface area is 615 Å². The highest BCUT2D eigenvalue weighted by Gasteiger charge is 2.47. The van der Waals surface area contributed by atoms with Crippen LogP contribution in [-0.2, 0) is 81.4 Å². The van der Waals surface area contributed by atoms with Gasteiger partial charge in [-0.1, -0.05) is 123 Å². The quantitative estimate of drug-likeness (QED) is 0.0426. The highest BCUT2D eigenvalue weighted by Crippen LogP contribution is 2.34. The van der Waals surface area contributed by atoms with Crippen molar-refractivity contribution in [1.29, 1.82) is 0 Å². The second kappa shape index (κ2) is 42.6. The topological polar surface area (TPSA) is 398 Å². The molecule has 27 heteroatoms. The normalized spacial score (nSPS) is 23.3. The number of ketones is 4. The first-order valence-corrected chi connectivity index (χ1v) is 37.3. The van der Waals surface area contributed by atoms with Crippen LogP contribution in [0, 0.1) is 47.3 Å². The molecule has 7 amide bonds. The van der Waals surface area contributed by atoms with Gasteiger partial charge in [-0.3, -0.25) is 48.1 Å². The molecule has 0 aliphatic carbocycles. The lowest BCUT2D eigenvalue weighted by Gasteiger charge is -2.41. The Morgan fingerprint density at radius 2 is 1.26 bits per heavy atom. The summed E-state index contributed by atoms with van der Waals surface area (Å²) in [7, 11) is 8.58. The molecule has 0 bridgehead atoms. The maximum absolute atomic E-state index is 14.7. The van der Waals surface area contributed by atoms with Gasteiger partial charge in [0.1, 0.15) is 42.1 Å². The van der Waals surface area contributed by atoms with Gasteiger partial charge in [0.15, 0.2) is 11.6 Å². The molecule has 3 fully saturated rings. The molecule has 3 aliphatic heterocycles. The Morgan fingerprint density at radius 1 is 0.654 bits per heavy atom. The molecule has 27 nitrogen and oxygen atoms in total. The Kier molecular flexibility index (Phi) is 36.1. The second-order valence-electron chi connectivity index (χ2n) is 30.2. The number of benzene rings is 2. The average molecular weight is 1460 g/mol. The third-order valence-corrected chi connectivity index (χ3v) is 21.4. The van der Waals surface area contributed by atoms with Gasteiger partial charge in [0.05, 0.1) is 67.5 Å². The lowest BCUT2D eigenvalue weighted by atomic mass is 9.83. The maximum atomic E-state index is 14.7. The number of likely N-dealkylation sites (N-methyl/N-ethyl adjacent to an activating group) is 2. The van der Waals surface area contributed by atoms with E-state index in [-0.39, 0.29) is 149 Å². The summed E-state index contributed by atoms with van der Waals surface area (Å²) < 4.78 is 23.6. The zero-order chi connectivity index (χ0) is 77.4. The number of aliphatic hydroxyl groups excluding tert-OH is 4. The van der Waals surface area contributed by atoms with Crippen LogP contribution < -0.4 is 32.7 Å². The molecule has 3 saturated heterocycles. The Hall–Kier alpha value is -6.66. The number of methoxy groups -OCH3 is 2. The SMILES string of the molecule is CC[C@H](C)[C@@H](C(CC(=O)N1CCCC1C(OC)C(C)C(=O)C[C@@H](Cc1ccccc1)C(=O)NCCc1ccc(CC(=O)C(CCCNC(N)=O)NC(=O)[C@H](CC(=O)C[C@@H]2O[C@H](CNC(=O)CC3O[C@H](CN)[C@@H](O)[C@H]3O)C(O)C2O)C(C)C)cc1)OC)N(C)C(=O)[C@@H](CC(=O)C(C(C)C)N(C)C)C(C)C. The minimum absolute atomic E-state index is 0.00799. The van der Waals surface area contributed by atoms with Crippen molar-refractivity contribution in [2.24, 2.45) is 58.8 Å². The first kappa shape index (κ1) is 88.0. The number of rotatable bonds is 45. The number of ether oxygens (including phenoxy) is 4. The van der Waals surface area contributed by atoms with Crippen LogP contribution in [0.4, 0.5) is 4.79 Å². The lowest BCUT2D eigenvalue weighted by molar-refractivity contribution is -0.149. The fourth-order valence-corrected chi connectivity index (χ4v) is 15.1. The van der Waals surface area contributed by atoms with Crippen molar-refractivity contribution >= 4 is 58.7 Å². The van der Waals surface area contributed by atoms with E-state index in [2.05, 4.69) is 21.3 Å². The van der Waals surface area contributed by atoms with Gasteiger partial charge in [0, 0.05) is 110 Å². The molecule has 12 N–H and O–H groups in total. The zero-order valence-electron chi connectivity index (χ0n) is 63.8. The van der Waals surface area contributed by atoms with Gasteiger partial charge in [-0.05, 0) is 93.0 Å². The van der Waals surface area contributed by atoms with E-state index in [1.54, 1.807) is 56.9 Å². The van der Waals surface area contributed by atoms with E-state index in [0.29, 0.717) is 37.8 Å². The number of primary amides is 1. The summed E-state index contributed by atoms with van der Waals surface area (Å²) in [5, 5.41) is 53.0. The van der Waals surface area contributed by atoms with Crippen molar-refractivity contribution in [1.82, 2.24) is 36.0 Å². The third kappa shape index (κ3) is 25.2. The van der Waals surface area contributed by atoms with Gasteiger partial charge in [-0.25, -0.2) is 4.79 Å². The fraction of sp³-hybridized carbons (Fsp3) is 0.714. The highest BCUT2D eigenvalue weighted by atomic mass is 16.6. The van der Waals surface area contributed by atoms with Crippen molar-refractivity contribution in [3.05, 3.63) is 71.3 Å². The molecule has 0 saturated carbocycles. The fourth-order valence-electron chi connectivity index (χ4n) is 15.1. The van der Waals surface area contributed by atoms with Gasteiger partial charge < -0.3 is 81.9 Å². The first-order chi connectivity index (χ1) is 49.2. The summed E-state index contributed by atoms with van der Waals surface area (Å²) in [6, 6.07) is 13.6. The van der Waals surface area contributed by atoms with Crippen LogP contribution >= 0.6 is 0 Å². The van der Waals surface area contributed by atoms with E-state index in [1.165, 1.54) is 7.11 Å². The number of Topliss-reactive ketones (excluding diaryl/α,β-unsaturated/α-hetero) is 4. The van der Waals surface area contributed by atoms with E-state index < -0.39 is 132 Å². The molecule has 3 aliphatic rings. The van der Waals surface area contributed by atoms with Crippen LogP contribution in [0.15, 0.2) is 54.6 Å². The summed E-state index contributed by atoms with van der Waals surface area (Å²) in [5.74, 6) is -6.35. The lowest BCUT2D eigenvalue weighted by Crippen LogP contribution is -2.54. The van der Waals surface area contributed by atoms with Crippen molar-refractivity contribution in [2.75, 3.05) is 68.1 Å². The van der Waals surface area contributed by atoms with Crippen molar-refractivity contribution in [2.45, 2.75) is 237 Å². The number of nitrogens with zero attached hydrogens (tertiary/aromatic N) is 3. The van der Waals surface area contributed by atoms with Gasteiger partial charge >= 0.3 is 6.03 Å². The van der Waals surface area contributed by atoms with Crippen LogP contribution in [-0.4, -0.2) is 247 Å². The summed E-state index contributed by atoms with van der Waals surface area (Å²) in [6.07, 6.45) is -9.24. The molecule has 0 aromatic heterocycles. The number of hydrogen-bond donors (Lipinski definition) is 10. The predicted octanol–water partition coefficient (Wildman–Crippen LogP) is 3.01. The molecule has 3 heterocycles. The first-order valence-electron chi connectivity index (χ1n) is 37.3. The number of amides is 7. The van der Waals surface area contributed by atoms with Crippen LogP contribution in [0.2, 0.25) is 0 Å². The van der Waals surface area contributed by atoms with E-state index in [9.17, 15) is 68.4 Å². The summed E-state index contributed by atoms with van der Waals surface area (Å²) >= 11 is 0. The van der Waals surface area contributed by atoms with Crippen molar-refractivity contribution < 1.29 is 87.3 Å². The highest BCUT2D eigenvalue weighted by molar-refractivity contribution is 5.93. The monoisotopic (exact) mass is 1460 g/mol. The molecular formula is C77H123N9O18. The van der Waals surface area contributed by atoms with Crippen molar-refractivity contribution in [3.63, 3.8) is 0 Å². The zero-order valence-corrected chi connectivity index (χ0v) is 63.8. The van der Waals surface area contributed by atoms with Crippen LogP contribution in [0.25, 0.3) is 0 Å². The Bertz CT molecular complexity index is 3100. The number of nitrogens with two attached hydrogens (primary N) is 2. The van der Waals surface area contributed by atoms with Crippen LogP contribution in [0.5, 0.6) is 0 Å². The number of aliphatic hydroxyl groups is 4. The van der Waals surface area contributed by atoms with E-state index in [4.69, 9.17) is 30.4 Å². The van der Waals surface area contributed by atoms with Crippen LogP contribution in [0.1, 0.15) is 150 Å². The summed E-state index contributed by atoms with van der Waals surface area (Å²) in [6.45, 7) is 17.7.